The van der Waals surface area contributed by atoms with Crippen LogP contribution in [0, 0.1) is 0 Å². The zero-order valence-electron chi connectivity index (χ0n) is 11.1. The number of alkyl halides is 3. The molecule has 1 amide bonds. The lowest BCUT2D eigenvalue weighted by atomic mass is 10.2. The summed E-state index contributed by atoms with van der Waals surface area (Å²) in [5, 5.41) is 1.79. The fraction of sp³-hybridized carbons (Fsp3) is 0.500. The van der Waals surface area contributed by atoms with Gasteiger partial charge in [-0.25, -0.2) is 4.79 Å². The van der Waals surface area contributed by atoms with Crippen LogP contribution in [0.4, 0.5) is 18.0 Å². The summed E-state index contributed by atoms with van der Waals surface area (Å²) < 4.78 is 44.3. The third-order valence-electron chi connectivity index (χ3n) is 2.03. The minimum atomic E-state index is -4.67. The first-order chi connectivity index (χ1) is 8.99. The van der Waals surface area contributed by atoms with Crippen LogP contribution in [0.2, 0.25) is 0 Å². The van der Waals surface area contributed by atoms with Crippen molar-refractivity contribution in [3.63, 3.8) is 0 Å². The number of halogens is 4. The second-order valence-electron chi connectivity index (χ2n) is 5.02. The molecule has 1 heterocycles. The first kappa shape index (κ1) is 16.7. The van der Waals surface area contributed by atoms with Crippen LogP contribution >= 0.6 is 15.9 Å². The predicted molar refractivity (Wildman–Crippen MR) is 70.1 cm³/mol. The summed E-state index contributed by atoms with van der Waals surface area (Å²) in [5.41, 5.74) is -1.19. The lowest BCUT2D eigenvalue weighted by molar-refractivity contribution is -0.157. The van der Waals surface area contributed by atoms with Crippen molar-refractivity contribution in [2.75, 3.05) is 0 Å². The van der Waals surface area contributed by atoms with E-state index in [-0.39, 0.29) is 5.69 Å². The number of alkyl carbamates (subject to hydrolysis) is 1. The Kier molecular flexibility index (Phi) is 5.01. The number of nitrogens with zero attached hydrogens (tertiary/aromatic N) is 1. The first-order valence-electron chi connectivity index (χ1n) is 5.67. The minimum absolute atomic E-state index is 0.313. The van der Waals surface area contributed by atoms with E-state index in [1.807, 2.05) is 0 Å². The van der Waals surface area contributed by atoms with Crippen molar-refractivity contribution in [2.24, 2.45) is 0 Å². The minimum Gasteiger partial charge on any atom is -0.444 e. The quantitative estimate of drug-likeness (QED) is 0.873. The maximum atomic E-state index is 13.0. The molecule has 4 nitrogen and oxygen atoms in total. The van der Waals surface area contributed by atoms with Crippen molar-refractivity contribution in [1.29, 1.82) is 0 Å². The average Bonchev–Trinajstić information content (AvgIpc) is 2.23. The fourth-order valence-corrected chi connectivity index (χ4v) is 1.54. The lowest BCUT2D eigenvalue weighted by Crippen LogP contribution is -2.41. The normalized spacial score (nSPS) is 13.8. The van der Waals surface area contributed by atoms with Gasteiger partial charge in [-0.05, 0) is 48.8 Å². The van der Waals surface area contributed by atoms with E-state index < -0.39 is 23.9 Å². The monoisotopic (exact) mass is 354 g/mol. The maximum Gasteiger partial charge on any atom is 0.414 e. The van der Waals surface area contributed by atoms with Gasteiger partial charge in [0.1, 0.15) is 5.60 Å². The molecule has 1 aromatic heterocycles. The molecule has 0 bridgehead atoms. The van der Waals surface area contributed by atoms with Crippen molar-refractivity contribution in [3.8, 4) is 0 Å². The van der Waals surface area contributed by atoms with Gasteiger partial charge in [-0.2, -0.15) is 13.2 Å². The number of hydrogen-bond acceptors (Lipinski definition) is 3. The zero-order chi connectivity index (χ0) is 15.6. The van der Waals surface area contributed by atoms with E-state index in [1.165, 1.54) is 18.3 Å². The Morgan fingerprint density at radius 2 is 1.95 bits per heavy atom. The van der Waals surface area contributed by atoms with Gasteiger partial charge in [0.25, 0.3) is 0 Å². The topological polar surface area (TPSA) is 51.2 Å². The Hall–Kier alpha value is -1.31. The number of ether oxygens (including phenoxy) is 1. The molecule has 1 N–H and O–H groups in total. The molecule has 1 unspecified atom stereocenters. The Morgan fingerprint density at radius 3 is 2.35 bits per heavy atom. The number of nitrogens with one attached hydrogen (secondary N) is 1. The van der Waals surface area contributed by atoms with Crippen molar-refractivity contribution < 1.29 is 22.7 Å². The number of carbonyl (C=O) groups excluding carboxylic acids is 1. The van der Waals surface area contributed by atoms with Crippen molar-refractivity contribution >= 4 is 22.0 Å². The van der Waals surface area contributed by atoms with E-state index in [2.05, 4.69) is 20.9 Å². The van der Waals surface area contributed by atoms with Crippen LogP contribution in [0.5, 0.6) is 0 Å². The predicted octanol–water partition coefficient (Wildman–Crippen LogP) is 3.97. The molecule has 0 fully saturated rings. The molecule has 8 heteroatoms. The van der Waals surface area contributed by atoms with Crippen molar-refractivity contribution in [2.45, 2.75) is 38.6 Å². The van der Waals surface area contributed by atoms with Crippen LogP contribution in [-0.4, -0.2) is 22.9 Å². The van der Waals surface area contributed by atoms with Crippen LogP contribution in [-0.2, 0) is 4.74 Å². The summed E-state index contributed by atoms with van der Waals surface area (Å²) >= 11 is 3.08. The number of pyridine rings is 1. The molecule has 1 rings (SSSR count). The number of rotatable bonds is 2. The largest absolute Gasteiger partial charge is 0.444 e. The highest BCUT2D eigenvalue weighted by Crippen LogP contribution is 2.32. The highest BCUT2D eigenvalue weighted by atomic mass is 79.9. The van der Waals surface area contributed by atoms with Gasteiger partial charge in [-0.3, -0.25) is 4.98 Å². The van der Waals surface area contributed by atoms with Gasteiger partial charge < -0.3 is 10.1 Å². The molecule has 0 saturated heterocycles. The third-order valence-corrected chi connectivity index (χ3v) is 2.50. The molecule has 0 aliphatic rings. The average molecular weight is 355 g/mol. The van der Waals surface area contributed by atoms with E-state index in [1.54, 1.807) is 26.1 Å². The molecule has 0 aliphatic heterocycles. The van der Waals surface area contributed by atoms with E-state index >= 15 is 0 Å². The van der Waals surface area contributed by atoms with E-state index in [4.69, 9.17) is 4.74 Å². The second-order valence-corrected chi connectivity index (χ2v) is 5.94. The van der Waals surface area contributed by atoms with Gasteiger partial charge in [0.2, 0.25) is 0 Å². The molecule has 20 heavy (non-hydrogen) atoms. The molecule has 112 valence electrons. The summed E-state index contributed by atoms with van der Waals surface area (Å²) in [5.74, 6) is 0. The van der Waals surface area contributed by atoms with Gasteiger partial charge in [0.05, 0.1) is 5.69 Å². The molecule has 0 aromatic carbocycles. The Morgan fingerprint density at radius 1 is 1.35 bits per heavy atom. The van der Waals surface area contributed by atoms with Crippen LogP contribution in [0.1, 0.15) is 32.5 Å². The highest BCUT2D eigenvalue weighted by Gasteiger charge is 2.43. The number of carbonyl (C=O) groups is 1. The van der Waals surface area contributed by atoms with Gasteiger partial charge in [-0.1, -0.05) is 0 Å². The molecule has 0 radical (unpaired) electrons. The maximum absolute atomic E-state index is 13.0. The van der Waals surface area contributed by atoms with Crippen molar-refractivity contribution in [1.82, 2.24) is 10.3 Å². The standard InChI is InChI=1S/C12H14BrF3N2O2/c1-11(2,3)20-10(19)18-9(12(14,15)16)8-5-4-7(13)6-17-8/h4-6,9H,1-3H3,(H,18,19). The molecule has 0 spiro atoms. The first-order valence-corrected chi connectivity index (χ1v) is 6.46. The third kappa shape index (κ3) is 5.36. The van der Waals surface area contributed by atoms with Gasteiger partial charge in [-0.15, -0.1) is 0 Å². The highest BCUT2D eigenvalue weighted by molar-refractivity contribution is 9.10. The summed E-state index contributed by atoms with van der Waals surface area (Å²) in [6.45, 7) is 4.69. The zero-order valence-corrected chi connectivity index (χ0v) is 12.7. The lowest BCUT2D eigenvalue weighted by Gasteiger charge is -2.24. The molecule has 0 saturated carbocycles. The summed E-state index contributed by atoms with van der Waals surface area (Å²) in [4.78, 5) is 15.1. The number of aromatic nitrogens is 1. The molecule has 1 aromatic rings. The van der Waals surface area contributed by atoms with E-state index in [0.29, 0.717) is 4.47 Å². The van der Waals surface area contributed by atoms with Gasteiger partial charge >= 0.3 is 12.3 Å². The molecular formula is C12H14BrF3N2O2. The van der Waals surface area contributed by atoms with Gasteiger partial charge in [0.15, 0.2) is 6.04 Å². The van der Waals surface area contributed by atoms with Crippen molar-refractivity contribution in [3.05, 3.63) is 28.5 Å². The Bertz CT molecular complexity index is 469. The van der Waals surface area contributed by atoms with Gasteiger partial charge in [0, 0.05) is 10.7 Å². The smallest absolute Gasteiger partial charge is 0.414 e. The van der Waals surface area contributed by atoms with Crippen LogP contribution in [0.3, 0.4) is 0 Å². The molecular weight excluding hydrogens is 341 g/mol. The van der Waals surface area contributed by atoms with E-state index in [0.717, 1.165) is 0 Å². The Labute approximate surface area is 122 Å². The van der Waals surface area contributed by atoms with Crippen LogP contribution < -0.4 is 5.32 Å². The SMILES string of the molecule is CC(C)(C)OC(=O)NC(c1ccc(Br)cn1)C(F)(F)F. The fourth-order valence-electron chi connectivity index (χ4n) is 1.31. The van der Waals surface area contributed by atoms with E-state index in [9.17, 15) is 18.0 Å². The second kappa shape index (κ2) is 5.99. The summed E-state index contributed by atoms with van der Waals surface area (Å²) in [6.07, 6.45) is -4.59. The summed E-state index contributed by atoms with van der Waals surface area (Å²) in [7, 11) is 0. The molecule has 1 atom stereocenters. The Balaban J connectivity index is 2.92. The number of amides is 1. The van der Waals surface area contributed by atoms with Crippen LogP contribution in [0.15, 0.2) is 22.8 Å². The summed E-state index contributed by atoms with van der Waals surface area (Å²) in [6, 6.07) is 0.378. The molecule has 0 aliphatic carbocycles. The number of hydrogen-bond donors (Lipinski definition) is 1. The van der Waals surface area contributed by atoms with Crippen LogP contribution in [0.25, 0.3) is 0 Å².